The molecule has 0 unspecified atom stereocenters. The SMILES string of the molecule is O=C(Nc1ccc(Oc2cc(-n3cccc3)ncn2)cc1)Nc1ccccc1Cl. The Bertz CT molecular complexity index is 1110. The Labute approximate surface area is 172 Å². The van der Waals surface area contributed by atoms with Gasteiger partial charge in [-0.05, 0) is 48.5 Å². The van der Waals surface area contributed by atoms with Gasteiger partial charge in [-0.3, -0.25) is 0 Å². The standard InChI is InChI=1S/C21H16ClN5O2/c22-17-5-1-2-6-18(17)26-21(28)25-15-7-9-16(10-8-15)29-20-13-19(23-14-24-20)27-11-3-4-12-27/h1-14H,(H2,25,26,28). The van der Waals surface area contributed by atoms with Gasteiger partial charge in [-0.25, -0.2) is 14.8 Å². The summed E-state index contributed by atoms with van der Waals surface area (Å²) in [5.74, 6) is 1.70. The zero-order valence-corrected chi connectivity index (χ0v) is 15.9. The van der Waals surface area contributed by atoms with Gasteiger partial charge in [-0.2, -0.15) is 0 Å². The lowest BCUT2D eigenvalue weighted by Gasteiger charge is -2.10. The zero-order chi connectivity index (χ0) is 20.1. The van der Waals surface area contributed by atoms with Crippen molar-refractivity contribution in [1.29, 1.82) is 0 Å². The fraction of sp³-hybridized carbons (Fsp3) is 0. The number of aromatic nitrogens is 3. The molecule has 0 atom stereocenters. The minimum atomic E-state index is -0.390. The van der Waals surface area contributed by atoms with Gasteiger partial charge in [0.2, 0.25) is 5.88 Å². The molecule has 8 heteroatoms. The number of carbonyl (C=O) groups is 1. The van der Waals surface area contributed by atoms with Crippen molar-refractivity contribution in [3.63, 3.8) is 0 Å². The largest absolute Gasteiger partial charge is 0.439 e. The summed E-state index contributed by atoms with van der Waals surface area (Å²) in [6.45, 7) is 0. The van der Waals surface area contributed by atoms with Crippen molar-refractivity contribution < 1.29 is 9.53 Å². The monoisotopic (exact) mass is 405 g/mol. The smallest absolute Gasteiger partial charge is 0.323 e. The second-order valence-electron chi connectivity index (χ2n) is 5.99. The van der Waals surface area contributed by atoms with Crippen LogP contribution in [0.4, 0.5) is 16.2 Å². The molecule has 0 saturated heterocycles. The van der Waals surface area contributed by atoms with Crippen LogP contribution >= 0.6 is 11.6 Å². The lowest BCUT2D eigenvalue weighted by molar-refractivity contribution is 0.262. The summed E-state index contributed by atoms with van der Waals surface area (Å²) >= 11 is 6.04. The molecule has 7 nitrogen and oxygen atoms in total. The van der Waals surface area contributed by atoms with E-state index >= 15 is 0 Å². The van der Waals surface area contributed by atoms with Crippen LogP contribution in [0.3, 0.4) is 0 Å². The van der Waals surface area contributed by atoms with E-state index in [1.54, 1.807) is 54.6 Å². The highest BCUT2D eigenvalue weighted by molar-refractivity contribution is 6.33. The van der Waals surface area contributed by atoms with Crippen molar-refractivity contribution in [3.05, 3.63) is 90.5 Å². The molecule has 4 rings (SSSR count). The van der Waals surface area contributed by atoms with E-state index in [1.165, 1.54) is 6.33 Å². The van der Waals surface area contributed by atoms with Crippen molar-refractivity contribution in [2.24, 2.45) is 0 Å². The molecule has 4 aromatic rings. The molecule has 29 heavy (non-hydrogen) atoms. The summed E-state index contributed by atoms with van der Waals surface area (Å²) in [6.07, 6.45) is 5.22. The Hall–Kier alpha value is -3.84. The van der Waals surface area contributed by atoms with E-state index in [0.717, 1.165) is 0 Å². The summed E-state index contributed by atoms with van der Waals surface area (Å²) in [5.41, 5.74) is 1.14. The first-order valence-corrected chi connectivity index (χ1v) is 9.11. The molecular formula is C21H16ClN5O2. The highest BCUT2D eigenvalue weighted by Gasteiger charge is 2.07. The maximum atomic E-state index is 12.1. The zero-order valence-electron chi connectivity index (χ0n) is 15.1. The van der Waals surface area contributed by atoms with Crippen LogP contribution in [-0.2, 0) is 0 Å². The first-order valence-electron chi connectivity index (χ1n) is 8.73. The molecule has 0 spiro atoms. The maximum Gasteiger partial charge on any atom is 0.323 e. The van der Waals surface area contributed by atoms with Gasteiger partial charge in [0.15, 0.2) is 0 Å². The second kappa shape index (κ2) is 8.45. The first kappa shape index (κ1) is 18.5. The fourth-order valence-electron chi connectivity index (χ4n) is 2.59. The minimum Gasteiger partial charge on any atom is -0.439 e. The van der Waals surface area contributed by atoms with Gasteiger partial charge in [0.1, 0.15) is 17.9 Å². The number of ether oxygens (including phenoxy) is 1. The normalized spacial score (nSPS) is 10.4. The van der Waals surface area contributed by atoms with Gasteiger partial charge in [0, 0.05) is 24.1 Å². The number of nitrogens with zero attached hydrogens (tertiary/aromatic N) is 3. The lowest BCUT2D eigenvalue weighted by Crippen LogP contribution is -2.19. The molecule has 0 saturated carbocycles. The highest BCUT2D eigenvalue weighted by atomic mass is 35.5. The van der Waals surface area contributed by atoms with Crippen LogP contribution in [0.25, 0.3) is 5.82 Å². The third-order valence-electron chi connectivity index (χ3n) is 3.95. The van der Waals surface area contributed by atoms with Crippen molar-refractivity contribution >= 4 is 29.0 Å². The molecule has 2 aromatic carbocycles. The van der Waals surface area contributed by atoms with E-state index in [2.05, 4.69) is 20.6 Å². The number of carbonyl (C=O) groups excluding carboxylic acids is 1. The number of anilines is 2. The van der Waals surface area contributed by atoms with Crippen LogP contribution in [0.15, 0.2) is 85.5 Å². The molecule has 0 bridgehead atoms. The second-order valence-corrected chi connectivity index (χ2v) is 6.40. The number of halogens is 1. The minimum absolute atomic E-state index is 0.390. The van der Waals surface area contributed by atoms with Crippen molar-refractivity contribution in [2.45, 2.75) is 0 Å². The Kier molecular flexibility index (Phi) is 5.40. The number of benzene rings is 2. The Balaban J connectivity index is 1.39. The van der Waals surface area contributed by atoms with Gasteiger partial charge < -0.3 is 19.9 Å². The van der Waals surface area contributed by atoms with Crippen molar-refractivity contribution in [3.8, 4) is 17.4 Å². The van der Waals surface area contributed by atoms with Gasteiger partial charge in [-0.1, -0.05) is 23.7 Å². The van der Waals surface area contributed by atoms with Crippen LogP contribution in [0, 0.1) is 0 Å². The third-order valence-corrected chi connectivity index (χ3v) is 4.28. The van der Waals surface area contributed by atoms with Gasteiger partial charge in [-0.15, -0.1) is 0 Å². The van der Waals surface area contributed by atoms with Gasteiger partial charge >= 0.3 is 6.03 Å². The van der Waals surface area contributed by atoms with Crippen LogP contribution in [0.2, 0.25) is 5.02 Å². The van der Waals surface area contributed by atoms with E-state index in [4.69, 9.17) is 16.3 Å². The molecule has 0 radical (unpaired) electrons. The molecule has 0 aliphatic carbocycles. The molecule has 2 aromatic heterocycles. The quantitative estimate of drug-likeness (QED) is 0.468. The molecule has 144 valence electrons. The summed E-state index contributed by atoms with van der Waals surface area (Å²) in [5, 5.41) is 5.91. The number of para-hydroxylation sites is 1. The Morgan fingerprint density at radius 3 is 2.45 bits per heavy atom. The highest BCUT2D eigenvalue weighted by Crippen LogP contribution is 2.23. The van der Waals surface area contributed by atoms with Crippen LogP contribution < -0.4 is 15.4 Å². The molecule has 2 heterocycles. The summed E-state index contributed by atoms with van der Waals surface area (Å²) in [4.78, 5) is 20.5. The molecule has 0 fully saturated rings. The number of hydrogen-bond donors (Lipinski definition) is 2. The van der Waals surface area contributed by atoms with Gasteiger partial charge in [0.05, 0.1) is 10.7 Å². The van der Waals surface area contributed by atoms with Crippen LogP contribution in [0.5, 0.6) is 11.6 Å². The summed E-state index contributed by atoms with van der Waals surface area (Å²) < 4.78 is 7.64. The Morgan fingerprint density at radius 1 is 0.931 bits per heavy atom. The van der Waals surface area contributed by atoms with Crippen molar-refractivity contribution in [2.75, 3.05) is 10.6 Å². The molecule has 2 N–H and O–H groups in total. The summed E-state index contributed by atoms with van der Waals surface area (Å²) in [7, 11) is 0. The first-order chi connectivity index (χ1) is 14.2. The number of hydrogen-bond acceptors (Lipinski definition) is 4. The predicted octanol–water partition coefficient (Wildman–Crippen LogP) is 5.36. The number of amides is 2. The number of urea groups is 1. The van der Waals surface area contributed by atoms with E-state index < -0.39 is 0 Å². The molecule has 2 amide bonds. The topological polar surface area (TPSA) is 81.1 Å². The van der Waals surface area contributed by atoms with E-state index in [0.29, 0.717) is 33.8 Å². The molecular weight excluding hydrogens is 390 g/mol. The average molecular weight is 406 g/mol. The number of nitrogens with one attached hydrogen (secondary N) is 2. The van der Waals surface area contributed by atoms with E-state index in [1.807, 2.05) is 29.1 Å². The fourth-order valence-corrected chi connectivity index (χ4v) is 2.77. The summed E-state index contributed by atoms with van der Waals surface area (Å²) in [6, 6.07) is 19.1. The van der Waals surface area contributed by atoms with Crippen LogP contribution in [0.1, 0.15) is 0 Å². The molecule has 0 aliphatic rings. The van der Waals surface area contributed by atoms with Gasteiger partial charge in [0.25, 0.3) is 0 Å². The third kappa shape index (κ3) is 4.72. The van der Waals surface area contributed by atoms with Crippen molar-refractivity contribution in [1.82, 2.24) is 14.5 Å². The lowest BCUT2D eigenvalue weighted by atomic mass is 10.3. The maximum absolute atomic E-state index is 12.1. The Morgan fingerprint density at radius 2 is 1.69 bits per heavy atom. The average Bonchev–Trinajstić information content (AvgIpc) is 3.26. The van der Waals surface area contributed by atoms with E-state index in [-0.39, 0.29) is 6.03 Å². The predicted molar refractivity (Wildman–Crippen MR) is 112 cm³/mol. The number of rotatable bonds is 5. The van der Waals surface area contributed by atoms with E-state index in [9.17, 15) is 4.79 Å². The van der Waals surface area contributed by atoms with Crippen LogP contribution in [-0.4, -0.2) is 20.6 Å². The molecule has 0 aliphatic heterocycles.